The SMILES string of the molecule is CC(C)(CN)CC[SiH](O)O[Si](O)(O)O. The van der Waals surface area contributed by atoms with Crippen LogP contribution in [0.4, 0.5) is 0 Å². The lowest BCUT2D eigenvalue weighted by molar-refractivity contribution is 0.115. The summed E-state index contributed by atoms with van der Waals surface area (Å²) in [5, 5.41) is 0. The van der Waals surface area contributed by atoms with Crippen molar-refractivity contribution < 1.29 is 23.3 Å². The first-order valence-electron chi connectivity index (χ1n) is 4.39. The van der Waals surface area contributed by atoms with E-state index in [4.69, 9.17) is 20.1 Å². The molecule has 0 aliphatic rings. The summed E-state index contributed by atoms with van der Waals surface area (Å²) in [6, 6.07) is 0.334. The molecule has 0 aliphatic heterocycles. The van der Waals surface area contributed by atoms with E-state index in [1.807, 2.05) is 13.8 Å². The summed E-state index contributed by atoms with van der Waals surface area (Å²) >= 11 is 0. The molecule has 6 nitrogen and oxygen atoms in total. The molecule has 0 spiro atoms. The van der Waals surface area contributed by atoms with Crippen LogP contribution in [0.2, 0.25) is 6.04 Å². The van der Waals surface area contributed by atoms with Gasteiger partial charge >= 0.3 is 18.3 Å². The third-order valence-electron chi connectivity index (χ3n) is 1.91. The van der Waals surface area contributed by atoms with Crippen molar-refractivity contribution in [3.05, 3.63) is 0 Å². The van der Waals surface area contributed by atoms with Crippen molar-refractivity contribution in [2.24, 2.45) is 11.1 Å². The Morgan fingerprint density at radius 2 is 1.86 bits per heavy atom. The molecule has 1 atom stereocenters. The van der Waals surface area contributed by atoms with Gasteiger partial charge in [0.05, 0.1) is 0 Å². The molecular formula is C6H19NO5Si2. The monoisotopic (exact) mass is 241 g/mol. The highest BCUT2D eigenvalue weighted by atomic mass is 28.5. The molecule has 8 heteroatoms. The van der Waals surface area contributed by atoms with E-state index < -0.39 is 18.3 Å². The Hall–Kier alpha value is 0.194. The number of hydrogen-bond donors (Lipinski definition) is 5. The van der Waals surface area contributed by atoms with Gasteiger partial charge in [0.15, 0.2) is 0 Å². The molecule has 0 fully saturated rings. The van der Waals surface area contributed by atoms with Crippen LogP contribution in [0.15, 0.2) is 0 Å². The topological polar surface area (TPSA) is 116 Å². The van der Waals surface area contributed by atoms with E-state index >= 15 is 0 Å². The molecule has 14 heavy (non-hydrogen) atoms. The fraction of sp³-hybridized carbons (Fsp3) is 1.00. The van der Waals surface area contributed by atoms with Crippen LogP contribution in [0.3, 0.4) is 0 Å². The molecular weight excluding hydrogens is 222 g/mol. The highest BCUT2D eigenvalue weighted by Crippen LogP contribution is 2.21. The highest BCUT2D eigenvalue weighted by molar-refractivity contribution is 6.61. The molecule has 0 saturated carbocycles. The first kappa shape index (κ1) is 14.2. The minimum atomic E-state index is -4.55. The lowest BCUT2D eigenvalue weighted by atomic mass is 9.91. The predicted octanol–water partition coefficient (Wildman–Crippen LogP) is -2.00. The van der Waals surface area contributed by atoms with E-state index in [9.17, 15) is 4.80 Å². The van der Waals surface area contributed by atoms with Crippen LogP contribution in [0, 0.1) is 5.41 Å². The van der Waals surface area contributed by atoms with Gasteiger partial charge in [-0.15, -0.1) is 0 Å². The van der Waals surface area contributed by atoms with Crippen LogP contribution < -0.4 is 5.73 Å². The van der Waals surface area contributed by atoms with E-state index in [-0.39, 0.29) is 5.41 Å². The van der Waals surface area contributed by atoms with Crippen LogP contribution >= 0.6 is 0 Å². The molecule has 0 saturated heterocycles. The van der Waals surface area contributed by atoms with E-state index in [0.717, 1.165) is 0 Å². The normalized spacial score (nSPS) is 15.6. The Labute approximate surface area is 86.3 Å². The maximum Gasteiger partial charge on any atom is 0.662 e. The second-order valence-electron chi connectivity index (χ2n) is 4.05. The van der Waals surface area contributed by atoms with Gasteiger partial charge in [-0.2, -0.15) is 0 Å². The van der Waals surface area contributed by atoms with Gasteiger partial charge in [0.25, 0.3) is 0 Å². The largest absolute Gasteiger partial charge is 0.662 e. The molecule has 6 N–H and O–H groups in total. The van der Waals surface area contributed by atoms with Gasteiger partial charge in [-0.25, -0.2) is 0 Å². The van der Waals surface area contributed by atoms with Crippen molar-refractivity contribution in [1.82, 2.24) is 0 Å². The molecule has 0 aromatic heterocycles. The molecule has 0 amide bonds. The molecule has 0 aliphatic carbocycles. The lowest BCUT2D eigenvalue weighted by Crippen LogP contribution is -2.45. The lowest BCUT2D eigenvalue weighted by Gasteiger charge is -2.23. The van der Waals surface area contributed by atoms with Crippen LogP contribution in [-0.4, -0.2) is 44.1 Å². The fourth-order valence-electron chi connectivity index (χ4n) is 0.858. The smallest absolute Gasteiger partial charge is 0.413 e. The van der Waals surface area contributed by atoms with Crippen LogP contribution in [0.25, 0.3) is 0 Å². The molecule has 0 rings (SSSR count). The van der Waals surface area contributed by atoms with Gasteiger partial charge in [-0.1, -0.05) is 13.8 Å². The quantitative estimate of drug-likeness (QED) is 0.344. The molecule has 0 aromatic carbocycles. The fourth-order valence-corrected chi connectivity index (χ4v) is 3.82. The molecule has 0 heterocycles. The Balaban J connectivity index is 3.80. The molecule has 86 valence electrons. The number of rotatable bonds is 6. The van der Waals surface area contributed by atoms with E-state index in [0.29, 0.717) is 19.0 Å². The Kier molecular flexibility index (Phi) is 5.40. The third-order valence-corrected chi connectivity index (χ3v) is 5.05. The summed E-state index contributed by atoms with van der Waals surface area (Å²) in [5.74, 6) is 0. The van der Waals surface area contributed by atoms with Gasteiger partial charge in [0.2, 0.25) is 0 Å². The van der Waals surface area contributed by atoms with Crippen molar-refractivity contribution in [3.8, 4) is 0 Å². The zero-order valence-corrected chi connectivity index (χ0v) is 10.6. The van der Waals surface area contributed by atoms with Crippen molar-refractivity contribution in [2.75, 3.05) is 6.54 Å². The summed E-state index contributed by atoms with van der Waals surface area (Å²) in [6.45, 7) is 4.36. The molecule has 0 bridgehead atoms. The minimum Gasteiger partial charge on any atom is -0.413 e. The second kappa shape index (κ2) is 5.33. The average Bonchev–Trinajstić information content (AvgIpc) is 1.98. The van der Waals surface area contributed by atoms with Crippen LogP contribution in [0.5, 0.6) is 0 Å². The Bertz CT molecular complexity index is 172. The van der Waals surface area contributed by atoms with Gasteiger partial charge < -0.3 is 29.0 Å². The summed E-state index contributed by atoms with van der Waals surface area (Å²) in [7, 11) is -7.23. The average molecular weight is 241 g/mol. The van der Waals surface area contributed by atoms with Gasteiger partial charge in [0, 0.05) is 0 Å². The van der Waals surface area contributed by atoms with Gasteiger partial charge in [0.1, 0.15) is 0 Å². The predicted molar refractivity (Wildman–Crippen MR) is 55.1 cm³/mol. The summed E-state index contributed by atoms with van der Waals surface area (Å²) < 4.78 is 4.34. The number of nitrogens with two attached hydrogens (primary N) is 1. The highest BCUT2D eigenvalue weighted by Gasteiger charge is 2.34. The summed E-state index contributed by atoms with van der Waals surface area (Å²) in [6.07, 6.45) is 0.626. The summed E-state index contributed by atoms with van der Waals surface area (Å²) in [4.78, 5) is 34.9. The first-order valence-corrected chi connectivity index (χ1v) is 7.95. The zero-order chi connectivity index (χ0) is 11.4. The van der Waals surface area contributed by atoms with E-state index in [2.05, 4.69) is 4.12 Å². The van der Waals surface area contributed by atoms with Crippen molar-refractivity contribution in [3.63, 3.8) is 0 Å². The Morgan fingerprint density at radius 1 is 1.36 bits per heavy atom. The molecule has 0 radical (unpaired) electrons. The van der Waals surface area contributed by atoms with E-state index in [1.54, 1.807) is 0 Å². The minimum absolute atomic E-state index is 0.109. The van der Waals surface area contributed by atoms with Crippen molar-refractivity contribution in [2.45, 2.75) is 26.3 Å². The standard InChI is InChI=1S/C6H19NO5Si2/c1-6(2,5-7)3-4-13(8)12-14(9,10)11/h8-11,13H,3-5,7H2,1-2H3. The van der Waals surface area contributed by atoms with Gasteiger partial charge in [-0.3, -0.25) is 0 Å². The maximum absolute atomic E-state index is 9.27. The molecule has 1 unspecified atom stereocenters. The Morgan fingerprint density at radius 3 is 2.21 bits per heavy atom. The summed E-state index contributed by atoms with van der Waals surface area (Å²) in [5.41, 5.74) is 5.36. The van der Waals surface area contributed by atoms with Gasteiger partial charge in [-0.05, 0) is 24.4 Å². The number of hydrogen-bond acceptors (Lipinski definition) is 6. The second-order valence-corrected chi connectivity index (χ2v) is 7.63. The zero-order valence-electron chi connectivity index (χ0n) is 8.47. The van der Waals surface area contributed by atoms with Crippen molar-refractivity contribution >= 4 is 18.3 Å². The van der Waals surface area contributed by atoms with Crippen molar-refractivity contribution in [1.29, 1.82) is 0 Å². The maximum atomic E-state index is 9.27. The first-order chi connectivity index (χ1) is 6.16. The third kappa shape index (κ3) is 7.58. The van der Waals surface area contributed by atoms with E-state index in [1.165, 1.54) is 0 Å². The molecule has 0 aromatic rings. The van der Waals surface area contributed by atoms with Crippen LogP contribution in [-0.2, 0) is 4.12 Å². The van der Waals surface area contributed by atoms with Crippen LogP contribution in [0.1, 0.15) is 20.3 Å².